The van der Waals surface area contributed by atoms with Crippen molar-refractivity contribution >= 4 is 40.0 Å². The number of aliphatic imine (C=N–C) groups is 1. The molecule has 0 amide bonds. The summed E-state index contributed by atoms with van der Waals surface area (Å²) in [4.78, 5) is 8.56. The molecule has 1 aromatic rings. The number of hydrogen-bond acceptors (Lipinski definition) is 4. The van der Waals surface area contributed by atoms with Gasteiger partial charge in [-0.2, -0.15) is 0 Å². The predicted octanol–water partition coefficient (Wildman–Crippen LogP) is 1.53. The van der Waals surface area contributed by atoms with Gasteiger partial charge in [0, 0.05) is 44.6 Å². The van der Waals surface area contributed by atoms with E-state index in [9.17, 15) is 8.42 Å². The smallest absolute Gasteiger partial charge is 0.213 e. The van der Waals surface area contributed by atoms with Gasteiger partial charge < -0.3 is 10.6 Å². The highest BCUT2D eigenvalue weighted by molar-refractivity contribution is 14.0. The summed E-state index contributed by atoms with van der Waals surface area (Å²) in [5.41, 5.74) is 2.21. The number of nitrogens with one attached hydrogen (secondary N) is 2. The molecule has 0 bridgehead atoms. The first-order valence-electron chi connectivity index (χ1n) is 8.81. The predicted molar refractivity (Wildman–Crippen MR) is 117 cm³/mol. The van der Waals surface area contributed by atoms with Gasteiger partial charge in [-0.05, 0) is 44.7 Å². The van der Waals surface area contributed by atoms with Crippen molar-refractivity contribution in [1.29, 1.82) is 0 Å². The number of rotatable bonds is 6. The van der Waals surface area contributed by atoms with Gasteiger partial charge in [-0.25, -0.2) is 12.7 Å². The number of pyridine rings is 1. The molecule has 1 fully saturated rings. The molecule has 1 aromatic heterocycles. The lowest BCUT2D eigenvalue weighted by atomic mass is 10.1. The molecule has 26 heavy (non-hydrogen) atoms. The van der Waals surface area contributed by atoms with Crippen LogP contribution >= 0.6 is 24.0 Å². The molecule has 1 aliphatic heterocycles. The van der Waals surface area contributed by atoms with Crippen LogP contribution in [-0.4, -0.2) is 62.1 Å². The van der Waals surface area contributed by atoms with E-state index in [4.69, 9.17) is 0 Å². The summed E-state index contributed by atoms with van der Waals surface area (Å²) in [5.74, 6) is 0.930. The Hall–Kier alpha value is -0.940. The largest absolute Gasteiger partial charge is 0.356 e. The number of halogens is 1. The van der Waals surface area contributed by atoms with E-state index in [0.717, 1.165) is 37.5 Å². The molecule has 2 N–H and O–H groups in total. The molecule has 2 rings (SSSR count). The van der Waals surface area contributed by atoms with Crippen molar-refractivity contribution < 1.29 is 8.42 Å². The minimum Gasteiger partial charge on any atom is -0.356 e. The minimum absolute atomic E-state index is 0. The lowest BCUT2D eigenvalue weighted by Gasteiger charge is -2.32. The summed E-state index contributed by atoms with van der Waals surface area (Å²) < 4.78 is 25.4. The van der Waals surface area contributed by atoms with Gasteiger partial charge in [0.2, 0.25) is 10.0 Å². The second-order valence-corrected chi connectivity index (χ2v) is 8.53. The van der Waals surface area contributed by atoms with Crippen molar-refractivity contribution in [2.24, 2.45) is 4.99 Å². The fourth-order valence-electron chi connectivity index (χ4n) is 2.82. The second kappa shape index (κ2) is 11.0. The molecule has 9 heteroatoms. The maximum Gasteiger partial charge on any atom is 0.213 e. The third kappa shape index (κ3) is 6.99. The molecule has 0 unspecified atom stereocenters. The molecule has 0 aromatic carbocycles. The Labute approximate surface area is 174 Å². The van der Waals surface area contributed by atoms with Crippen LogP contribution in [0.3, 0.4) is 0 Å². The van der Waals surface area contributed by atoms with Crippen LogP contribution in [-0.2, 0) is 16.4 Å². The Balaban J connectivity index is 0.00000338. The summed E-state index contributed by atoms with van der Waals surface area (Å²) in [5, 5.41) is 6.70. The number of guanidine groups is 1. The first-order valence-corrected chi connectivity index (χ1v) is 10.4. The van der Waals surface area contributed by atoms with Crippen molar-refractivity contribution in [3.63, 3.8) is 0 Å². The van der Waals surface area contributed by atoms with Gasteiger partial charge in [-0.15, -0.1) is 24.0 Å². The molecule has 1 saturated heterocycles. The fourth-order valence-corrected chi connectivity index (χ4v) is 3.95. The van der Waals surface area contributed by atoms with E-state index < -0.39 is 10.0 Å². The van der Waals surface area contributed by atoms with Crippen molar-refractivity contribution in [3.05, 3.63) is 29.6 Å². The van der Waals surface area contributed by atoms with Crippen LogP contribution in [0.1, 0.15) is 31.0 Å². The number of nitrogens with zero attached hydrogens (tertiary/aromatic N) is 3. The van der Waals surface area contributed by atoms with Crippen LogP contribution < -0.4 is 10.6 Å². The standard InChI is InChI=1S/C17H29N5O2S.HI/c1-4-25(23,24)22-11-8-16(9-12-22)21-17(18-3)19-10-7-15-6-5-14(2)20-13-15;/h5-6,13,16H,4,7-12H2,1-3H3,(H2,18,19,21);1H. The highest BCUT2D eigenvalue weighted by Gasteiger charge is 2.26. The molecule has 0 radical (unpaired) electrons. The maximum absolute atomic E-state index is 11.9. The van der Waals surface area contributed by atoms with Crippen LogP contribution in [0.5, 0.6) is 0 Å². The third-order valence-electron chi connectivity index (χ3n) is 4.46. The van der Waals surface area contributed by atoms with Crippen LogP contribution in [0.15, 0.2) is 23.3 Å². The van der Waals surface area contributed by atoms with E-state index in [-0.39, 0.29) is 35.8 Å². The average molecular weight is 495 g/mol. The number of aromatic nitrogens is 1. The van der Waals surface area contributed by atoms with E-state index in [1.807, 2.05) is 19.2 Å². The van der Waals surface area contributed by atoms with Gasteiger partial charge in [-0.1, -0.05) is 6.07 Å². The summed E-state index contributed by atoms with van der Waals surface area (Å²) in [6.07, 6.45) is 4.36. The molecule has 1 aliphatic rings. The maximum atomic E-state index is 11.9. The highest BCUT2D eigenvalue weighted by Crippen LogP contribution is 2.14. The van der Waals surface area contributed by atoms with E-state index in [1.54, 1.807) is 18.3 Å². The van der Waals surface area contributed by atoms with Crippen LogP contribution in [0, 0.1) is 6.92 Å². The number of sulfonamides is 1. The molecule has 0 aliphatic carbocycles. The molecule has 2 heterocycles. The highest BCUT2D eigenvalue weighted by atomic mass is 127. The zero-order valence-electron chi connectivity index (χ0n) is 15.7. The summed E-state index contributed by atoms with van der Waals surface area (Å²) in [6.45, 7) is 5.58. The lowest BCUT2D eigenvalue weighted by Crippen LogP contribution is -2.50. The Bertz CT molecular complexity index is 671. The quantitative estimate of drug-likeness (QED) is 0.355. The first-order chi connectivity index (χ1) is 11.9. The van der Waals surface area contributed by atoms with Gasteiger partial charge >= 0.3 is 0 Å². The molecule has 148 valence electrons. The van der Waals surface area contributed by atoms with Crippen molar-refractivity contribution in [2.75, 3.05) is 32.4 Å². The molecule has 0 atom stereocenters. The first kappa shape index (κ1) is 23.1. The van der Waals surface area contributed by atoms with Crippen molar-refractivity contribution in [1.82, 2.24) is 19.9 Å². The molecule has 7 nitrogen and oxygen atoms in total. The van der Waals surface area contributed by atoms with Crippen LogP contribution in [0.4, 0.5) is 0 Å². The van der Waals surface area contributed by atoms with E-state index in [0.29, 0.717) is 13.1 Å². The summed E-state index contributed by atoms with van der Waals surface area (Å²) in [7, 11) is -1.32. The van der Waals surface area contributed by atoms with E-state index in [2.05, 4.69) is 26.7 Å². The molecule has 0 spiro atoms. The van der Waals surface area contributed by atoms with Crippen LogP contribution in [0.25, 0.3) is 0 Å². The number of aryl methyl sites for hydroxylation is 1. The Morgan fingerprint density at radius 1 is 1.35 bits per heavy atom. The summed E-state index contributed by atoms with van der Waals surface area (Å²) in [6, 6.07) is 4.35. The third-order valence-corrected chi connectivity index (χ3v) is 6.34. The van der Waals surface area contributed by atoms with Gasteiger partial charge in [0.1, 0.15) is 0 Å². The SMILES string of the molecule is CCS(=O)(=O)N1CCC(NC(=NC)NCCc2ccc(C)nc2)CC1.I. The number of hydrogen-bond donors (Lipinski definition) is 2. The zero-order valence-corrected chi connectivity index (χ0v) is 18.9. The second-order valence-electron chi connectivity index (χ2n) is 6.28. The van der Waals surface area contributed by atoms with E-state index in [1.165, 1.54) is 5.56 Å². The average Bonchev–Trinajstić information content (AvgIpc) is 2.63. The molecule has 0 saturated carbocycles. The van der Waals surface area contributed by atoms with Gasteiger partial charge in [0.25, 0.3) is 0 Å². The van der Waals surface area contributed by atoms with Crippen LogP contribution in [0.2, 0.25) is 0 Å². The summed E-state index contributed by atoms with van der Waals surface area (Å²) >= 11 is 0. The monoisotopic (exact) mass is 495 g/mol. The Morgan fingerprint density at radius 3 is 2.58 bits per heavy atom. The van der Waals surface area contributed by atoms with Crippen molar-refractivity contribution in [2.45, 2.75) is 39.2 Å². The van der Waals surface area contributed by atoms with Gasteiger partial charge in [0.05, 0.1) is 5.75 Å². The van der Waals surface area contributed by atoms with Gasteiger partial charge in [-0.3, -0.25) is 9.98 Å². The Morgan fingerprint density at radius 2 is 2.04 bits per heavy atom. The fraction of sp³-hybridized carbons (Fsp3) is 0.647. The zero-order chi connectivity index (χ0) is 18.3. The minimum atomic E-state index is -3.07. The topological polar surface area (TPSA) is 86.7 Å². The van der Waals surface area contributed by atoms with Gasteiger partial charge in [0.15, 0.2) is 5.96 Å². The Kier molecular flexibility index (Phi) is 9.80. The van der Waals surface area contributed by atoms with Crippen molar-refractivity contribution in [3.8, 4) is 0 Å². The van der Waals surface area contributed by atoms with E-state index >= 15 is 0 Å². The molecular formula is C17H30IN5O2S. The number of piperidine rings is 1. The normalized spacial score (nSPS) is 16.8. The molecular weight excluding hydrogens is 465 g/mol. The lowest BCUT2D eigenvalue weighted by molar-refractivity contribution is 0.306.